The van der Waals surface area contributed by atoms with E-state index in [1.165, 1.54) is 9.80 Å². The molecule has 3 amide bonds. The van der Waals surface area contributed by atoms with Gasteiger partial charge in [0.1, 0.15) is 11.4 Å². The largest absolute Gasteiger partial charge is 0.497 e. The first-order valence-corrected chi connectivity index (χ1v) is 7.51. The van der Waals surface area contributed by atoms with E-state index in [-0.39, 0.29) is 18.0 Å². The van der Waals surface area contributed by atoms with E-state index in [4.69, 9.17) is 4.74 Å². The molecule has 0 radical (unpaired) electrons. The van der Waals surface area contributed by atoms with Gasteiger partial charge in [-0.2, -0.15) is 0 Å². The predicted molar refractivity (Wildman–Crippen MR) is 87.7 cm³/mol. The number of carbonyl (C=O) groups excluding carboxylic acids is 2. The summed E-state index contributed by atoms with van der Waals surface area (Å²) >= 11 is 0. The van der Waals surface area contributed by atoms with Crippen molar-refractivity contribution in [3.05, 3.63) is 41.7 Å². The Morgan fingerprint density at radius 3 is 2.26 bits per heavy atom. The van der Waals surface area contributed by atoms with Gasteiger partial charge in [0.2, 0.25) is 0 Å². The van der Waals surface area contributed by atoms with Crippen LogP contribution in [0, 0.1) is 0 Å². The van der Waals surface area contributed by atoms with Crippen LogP contribution in [0.3, 0.4) is 0 Å². The summed E-state index contributed by atoms with van der Waals surface area (Å²) in [5.74, 6) is 0.498. The first kappa shape index (κ1) is 16.9. The maximum absolute atomic E-state index is 12.6. The minimum Gasteiger partial charge on any atom is -0.497 e. The average molecular weight is 317 g/mol. The average Bonchev–Trinajstić information content (AvgIpc) is 2.71. The van der Waals surface area contributed by atoms with Crippen molar-refractivity contribution in [2.24, 2.45) is 0 Å². The first-order valence-electron chi connectivity index (χ1n) is 7.51. The van der Waals surface area contributed by atoms with Gasteiger partial charge in [0, 0.05) is 26.3 Å². The van der Waals surface area contributed by atoms with Gasteiger partial charge in [-0.25, -0.2) is 4.79 Å². The summed E-state index contributed by atoms with van der Waals surface area (Å²) in [6, 6.07) is 7.00. The van der Waals surface area contributed by atoms with Crippen LogP contribution in [0.15, 0.2) is 36.2 Å². The molecule has 1 aliphatic heterocycles. The number of urea groups is 1. The fourth-order valence-corrected chi connectivity index (χ4v) is 2.45. The lowest BCUT2D eigenvalue weighted by molar-refractivity contribution is -0.124. The lowest BCUT2D eigenvalue weighted by Gasteiger charge is -2.20. The Kier molecular flexibility index (Phi) is 4.93. The molecule has 0 atom stereocenters. The Hall–Kier alpha value is -2.50. The van der Waals surface area contributed by atoms with Crippen molar-refractivity contribution in [1.29, 1.82) is 0 Å². The number of amides is 3. The molecule has 0 saturated carbocycles. The fourth-order valence-electron chi connectivity index (χ4n) is 2.45. The molecule has 1 aromatic rings. The molecule has 1 saturated heterocycles. The number of ether oxygens (including phenoxy) is 1. The molecular weight excluding hydrogens is 294 g/mol. The van der Waals surface area contributed by atoms with Gasteiger partial charge in [-0.05, 0) is 31.5 Å². The van der Waals surface area contributed by atoms with Crippen LogP contribution >= 0.6 is 0 Å². The normalized spacial score (nSPS) is 16.7. The number of hydrogen-bond acceptors (Lipinski definition) is 4. The summed E-state index contributed by atoms with van der Waals surface area (Å²) in [7, 11) is 5.26. The van der Waals surface area contributed by atoms with E-state index in [0.29, 0.717) is 12.2 Å². The van der Waals surface area contributed by atoms with Crippen molar-refractivity contribution < 1.29 is 14.3 Å². The van der Waals surface area contributed by atoms with E-state index in [1.54, 1.807) is 18.2 Å². The van der Waals surface area contributed by atoms with Gasteiger partial charge in [-0.1, -0.05) is 12.1 Å². The van der Waals surface area contributed by atoms with Crippen LogP contribution in [0.2, 0.25) is 0 Å². The molecule has 0 spiro atoms. The summed E-state index contributed by atoms with van der Waals surface area (Å²) < 4.78 is 5.14. The maximum atomic E-state index is 12.6. The van der Waals surface area contributed by atoms with Gasteiger partial charge < -0.3 is 9.64 Å². The third kappa shape index (κ3) is 3.47. The zero-order chi connectivity index (χ0) is 17.1. The molecule has 0 aliphatic carbocycles. The molecule has 124 valence electrons. The van der Waals surface area contributed by atoms with E-state index in [1.807, 2.05) is 52.2 Å². The molecule has 6 nitrogen and oxygen atoms in total. The van der Waals surface area contributed by atoms with E-state index < -0.39 is 0 Å². The van der Waals surface area contributed by atoms with Crippen molar-refractivity contribution in [2.45, 2.75) is 26.4 Å². The Morgan fingerprint density at radius 2 is 1.78 bits per heavy atom. The van der Waals surface area contributed by atoms with Crippen LogP contribution in [-0.2, 0) is 11.3 Å². The first-order chi connectivity index (χ1) is 10.8. The highest BCUT2D eigenvalue weighted by Gasteiger charge is 2.42. The molecule has 0 bridgehead atoms. The quantitative estimate of drug-likeness (QED) is 0.617. The Bertz CT molecular complexity index is 620. The second-order valence-electron chi connectivity index (χ2n) is 5.96. The van der Waals surface area contributed by atoms with Gasteiger partial charge in [0.15, 0.2) is 0 Å². The minimum atomic E-state index is -0.283. The molecule has 1 aliphatic rings. The highest BCUT2D eigenvalue weighted by molar-refractivity contribution is 6.11. The molecule has 0 unspecified atom stereocenters. The van der Waals surface area contributed by atoms with Crippen LogP contribution in [-0.4, -0.2) is 53.9 Å². The fraction of sp³-hybridized carbons (Fsp3) is 0.412. The topological polar surface area (TPSA) is 53.1 Å². The van der Waals surface area contributed by atoms with Crippen LogP contribution in [0.4, 0.5) is 4.79 Å². The second-order valence-corrected chi connectivity index (χ2v) is 5.96. The summed E-state index contributed by atoms with van der Waals surface area (Å²) in [5, 5.41) is 0. The van der Waals surface area contributed by atoms with Gasteiger partial charge in [-0.3, -0.25) is 14.6 Å². The Balaban J connectivity index is 2.32. The van der Waals surface area contributed by atoms with E-state index >= 15 is 0 Å². The number of nitrogens with zero attached hydrogens (tertiary/aromatic N) is 3. The summed E-state index contributed by atoms with van der Waals surface area (Å²) in [5.41, 5.74) is 1.33. The molecule has 1 fully saturated rings. The van der Waals surface area contributed by atoms with Crippen molar-refractivity contribution in [3.63, 3.8) is 0 Å². The molecule has 1 aromatic carbocycles. The van der Waals surface area contributed by atoms with Gasteiger partial charge in [-0.15, -0.1) is 0 Å². The van der Waals surface area contributed by atoms with Crippen molar-refractivity contribution in [3.8, 4) is 5.75 Å². The standard InChI is InChI=1S/C17H23N3O3/c1-12(2)20-16(21)15(11-18(3)4)19(17(20)22)10-13-6-8-14(23-5)9-7-13/h6-9,11-12H,10H2,1-5H3. The van der Waals surface area contributed by atoms with Crippen LogP contribution in [0.1, 0.15) is 19.4 Å². The van der Waals surface area contributed by atoms with Crippen molar-refractivity contribution in [2.75, 3.05) is 21.2 Å². The SMILES string of the molecule is COc1ccc(CN2C(=O)N(C(C)C)C(=O)C2=CN(C)C)cc1. The molecule has 23 heavy (non-hydrogen) atoms. The minimum absolute atomic E-state index is 0.179. The highest BCUT2D eigenvalue weighted by atomic mass is 16.5. The number of hydrogen-bond donors (Lipinski definition) is 0. The van der Waals surface area contributed by atoms with E-state index in [0.717, 1.165) is 11.3 Å². The lowest BCUT2D eigenvalue weighted by Crippen LogP contribution is -2.37. The smallest absolute Gasteiger partial charge is 0.332 e. The summed E-state index contributed by atoms with van der Waals surface area (Å²) in [6.45, 7) is 4.01. The zero-order valence-electron chi connectivity index (χ0n) is 14.2. The van der Waals surface area contributed by atoms with Crippen LogP contribution in [0.25, 0.3) is 0 Å². The van der Waals surface area contributed by atoms with E-state index in [2.05, 4.69) is 0 Å². The predicted octanol–water partition coefficient (Wildman–Crippen LogP) is 2.27. The van der Waals surface area contributed by atoms with Crippen molar-refractivity contribution >= 4 is 11.9 Å². The monoisotopic (exact) mass is 317 g/mol. The molecule has 6 heteroatoms. The number of benzene rings is 1. The second kappa shape index (κ2) is 6.73. The molecule has 0 aromatic heterocycles. The molecular formula is C17H23N3O3. The Morgan fingerprint density at radius 1 is 1.17 bits per heavy atom. The number of rotatable bonds is 5. The van der Waals surface area contributed by atoms with Gasteiger partial charge >= 0.3 is 6.03 Å². The lowest BCUT2D eigenvalue weighted by atomic mass is 10.2. The summed E-state index contributed by atoms with van der Waals surface area (Å²) in [6.07, 6.45) is 1.69. The van der Waals surface area contributed by atoms with Gasteiger partial charge in [0.05, 0.1) is 13.7 Å². The molecule has 1 heterocycles. The van der Waals surface area contributed by atoms with E-state index in [9.17, 15) is 9.59 Å². The van der Waals surface area contributed by atoms with Crippen LogP contribution in [0.5, 0.6) is 5.75 Å². The van der Waals surface area contributed by atoms with Gasteiger partial charge in [0.25, 0.3) is 5.91 Å². The highest BCUT2D eigenvalue weighted by Crippen LogP contribution is 2.26. The number of carbonyl (C=O) groups is 2. The zero-order valence-corrected chi connectivity index (χ0v) is 14.2. The van der Waals surface area contributed by atoms with Crippen LogP contribution < -0.4 is 4.74 Å². The maximum Gasteiger partial charge on any atom is 0.332 e. The summed E-state index contributed by atoms with van der Waals surface area (Å²) in [4.78, 5) is 29.7. The number of imide groups is 1. The third-order valence-electron chi connectivity index (χ3n) is 3.56. The molecule has 2 rings (SSSR count). The molecule has 0 N–H and O–H groups in total. The number of methoxy groups -OCH3 is 1. The van der Waals surface area contributed by atoms with Crippen molar-refractivity contribution in [1.82, 2.24) is 14.7 Å². The third-order valence-corrected chi connectivity index (χ3v) is 3.56. The Labute approximate surface area is 136 Å².